The van der Waals surface area contributed by atoms with Crippen LogP contribution >= 0.6 is 22.6 Å². The van der Waals surface area contributed by atoms with E-state index in [1.807, 2.05) is 0 Å². The second-order valence-corrected chi connectivity index (χ2v) is 4.31. The Balaban J connectivity index is 3.43. The Morgan fingerprint density at radius 3 is 2.28 bits per heavy atom. The van der Waals surface area contributed by atoms with E-state index in [1.165, 1.54) is 22.6 Å². The van der Waals surface area contributed by atoms with E-state index < -0.39 is 39.0 Å². The molecule has 1 rings (SSSR count). The number of hydrogen-bond acceptors (Lipinski definition) is 2. The van der Waals surface area contributed by atoms with Crippen LogP contribution in [-0.2, 0) is 6.18 Å². The molecule has 0 aliphatic rings. The number of benzene rings is 1. The predicted octanol–water partition coefficient (Wildman–Crippen LogP) is 4.11. The number of ether oxygens (including phenoxy) is 1. The number of hydrogen-bond donors (Lipinski definition) is 0. The Kier molecular flexibility index (Phi) is 4.51. The topological polar surface area (TPSA) is 26.3 Å². The maximum Gasteiger partial charge on any atom is 0.417 e. The zero-order valence-electron chi connectivity index (χ0n) is 8.82. The van der Waals surface area contributed by atoms with Gasteiger partial charge in [-0.2, -0.15) is 22.0 Å². The number of carbonyl (C=O) groups excluding carboxylic acids is 1. The molecule has 0 N–H and O–H groups in total. The van der Waals surface area contributed by atoms with Crippen LogP contribution < -0.4 is 4.74 Å². The highest BCUT2D eigenvalue weighted by Crippen LogP contribution is 2.37. The first-order valence-electron chi connectivity index (χ1n) is 4.50. The number of ketones is 1. The van der Waals surface area contributed by atoms with Crippen LogP contribution in [0.5, 0.6) is 5.75 Å². The van der Waals surface area contributed by atoms with E-state index in [9.17, 15) is 26.7 Å². The molecule has 8 heteroatoms. The van der Waals surface area contributed by atoms with Gasteiger partial charge in [0.25, 0.3) is 0 Å². The Hall–Kier alpha value is -0.930. The molecule has 0 aliphatic heterocycles. The highest BCUT2D eigenvalue weighted by atomic mass is 127. The molecular formula is C10H6F5IO2. The highest BCUT2D eigenvalue weighted by Gasteiger charge is 2.35. The van der Waals surface area contributed by atoms with E-state index in [4.69, 9.17) is 0 Å². The first kappa shape index (κ1) is 15.1. The molecule has 1 aromatic carbocycles. The molecule has 18 heavy (non-hydrogen) atoms. The number of carbonyl (C=O) groups is 1. The van der Waals surface area contributed by atoms with Crippen molar-refractivity contribution in [1.82, 2.24) is 0 Å². The molecule has 1 aromatic rings. The lowest BCUT2D eigenvalue weighted by Gasteiger charge is -2.15. The van der Waals surface area contributed by atoms with Gasteiger partial charge in [0.2, 0.25) is 0 Å². The van der Waals surface area contributed by atoms with E-state index in [0.29, 0.717) is 12.1 Å². The van der Waals surface area contributed by atoms with Gasteiger partial charge < -0.3 is 4.74 Å². The summed E-state index contributed by atoms with van der Waals surface area (Å²) >= 11 is 1.29. The van der Waals surface area contributed by atoms with Gasteiger partial charge >= 0.3 is 12.8 Å². The summed E-state index contributed by atoms with van der Waals surface area (Å²) in [6, 6.07) is 1.32. The van der Waals surface area contributed by atoms with E-state index in [2.05, 4.69) is 4.74 Å². The van der Waals surface area contributed by atoms with Gasteiger partial charge in [-0.05, 0) is 41.6 Å². The average Bonchev–Trinajstić information content (AvgIpc) is 2.13. The first-order valence-corrected chi connectivity index (χ1v) is 5.58. The Morgan fingerprint density at radius 1 is 1.33 bits per heavy atom. The molecule has 0 atom stereocenters. The van der Waals surface area contributed by atoms with Gasteiger partial charge in [-0.25, -0.2) is 0 Å². The third-order valence-electron chi connectivity index (χ3n) is 1.98. The van der Waals surface area contributed by atoms with E-state index in [1.54, 1.807) is 0 Å². The van der Waals surface area contributed by atoms with Crippen molar-refractivity contribution in [3.8, 4) is 5.75 Å². The average molecular weight is 380 g/mol. The van der Waals surface area contributed by atoms with Crippen LogP contribution in [0.25, 0.3) is 0 Å². The molecule has 0 bridgehead atoms. The number of halogens is 6. The van der Waals surface area contributed by atoms with Crippen molar-refractivity contribution < 1.29 is 31.5 Å². The minimum absolute atomic E-state index is 0.453. The van der Waals surface area contributed by atoms with Gasteiger partial charge in [0, 0.05) is 3.57 Å². The quantitative estimate of drug-likeness (QED) is 0.448. The third-order valence-corrected chi connectivity index (χ3v) is 3.10. The monoisotopic (exact) mass is 380 g/mol. The summed E-state index contributed by atoms with van der Waals surface area (Å²) in [6.07, 6.45) is -4.66. The van der Waals surface area contributed by atoms with Crippen LogP contribution in [0.3, 0.4) is 0 Å². The first-order chi connectivity index (χ1) is 8.14. The second kappa shape index (κ2) is 5.37. The Bertz CT molecular complexity index is 470. The fourth-order valence-corrected chi connectivity index (χ4v) is 2.43. The summed E-state index contributed by atoms with van der Waals surface area (Å²) in [5.41, 5.74) is -1.55. The van der Waals surface area contributed by atoms with Crippen LogP contribution in [0.1, 0.15) is 22.8 Å². The normalized spacial score (nSPS) is 11.8. The fraction of sp³-hybridized carbons (Fsp3) is 0.300. The summed E-state index contributed by atoms with van der Waals surface area (Å²) in [5, 5.41) is 0. The molecule has 0 radical (unpaired) electrons. The molecule has 0 spiro atoms. The van der Waals surface area contributed by atoms with Crippen molar-refractivity contribution in [2.75, 3.05) is 0 Å². The number of alkyl halides is 5. The third kappa shape index (κ3) is 3.30. The smallest absolute Gasteiger partial charge is 0.417 e. The summed E-state index contributed by atoms with van der Waals surface area (Å²) in [6.45, 7) is -2.23. The lowest BCUT2D eigenvalue weighted by atomic mass is 10.1. The van der Waals surface area contributed by atoms with Crippen molar-refractivity contribution in [3.05, 3.63) is 26.8 Å². The standard InChI is InChI=1S/C10H6F5IO2/c1-4(17)7-6(18-9(11)12)3-2-5(8(7)16)10(13,14)15/h2-3,9H,1H3. The van der Waals surface area contributed by atoms with Crippen molar-refractivity contribution in [2.45, 2.75) is 19.7 Å². The summed E-state index contributed by atoms with van der Waals surface area (Å²) in [4.78, 5) is 11.3. The lowest BCUT2D eigenvalue weighted by Crippen LogP contribution is -2.14. The molecule has 0 aromatic heterocycles. The summed E-state index contributed by atoms with van der Waals surface area (Å²) < 4.78 is 65.5. The molecule has 0 saturated carbocycles. The van der Waals surface area contributed by atoms with Crippen molar-refractivity contribution in [1.29, 1.82) is 0 Å². The van der Waals surface area contributed by atoms with Gasteiger partial charge in [0.15, 0.2) is 5.78 Å². The van der Waals surface area contributed by atoms with Crippen LogP contribution in [0.2, 0.25) is 0 Å². The minimum atomic E-state index is -4.66. The number of rotatable bonds is 3. The largest absolute Gasteiger partial charge is 0.434 e. The Labute approximate surface area is 112 Å². The molecule has 0 saturated heterocycles. The molecular weight excluding hydrogens is 374 g/mol. The summed E-state index contributed by atoms with van der Waals surface area (Å²) in [7, 11) is 0. The molecule has 0 fully saturated rings. The van der Waals surface area contributed by atoms with Crippen LogP contribution in [0.4, 0.5) is 22.0 Å². The van der Waals surface area contributed by atoms with Crippen molar-refractivity contribution in [2.24, 2.45) is 0 Å². The van der Waals surface area contributed by atoms with Crippen molar-refractivity contribution in [3.63, 3.8) is 0 Å². The predicted molar refractivity (Wildman–Crippen MR) is 60.8 cm³/mol. The maximum atomic E-state index is 12.6. The van der Waals surface area contributed by atoms with Crippen molar-refractivity contribution >= 4 is 28.4 Å². The molecule has 0 unspecified atom stereocenters. The molecule has 0 heterocycles. The van der Waals surface area contributed by atoms with Gasteiger partial charge in [0.1, 0.15) is 5.75 Å². The molecule has 2 nitrogen and oxygen atoms in total. The van der Waals surface area contributed by atoms with Crippen LogP contribution in [0, 0.1) is 3.57 Å². The van der Waals surface area contributed by atoms with Gasteiger partial charge in [-0.15, -0.1) is 0 Å². The SMILES string of the molecule is CC(=O)c1c(OC(F)F)ccc(C(F)(F)F)c1I. The minimum Gasteiger partial charge on any atom is -0.434 e. The van der Waals surface area contributed by atoms with Gasteiger partial charge in [-0.1, -0.05) is 0 Å². The van der Waals surface area contributed by atoms with E-state index >= 15 is 0 Å². The highest BCUT2D eigenvalue weighted by molar-refractivity contribution is 14.1. The maximum absolute atomic E-state index is 12.6. The van der Waals surface area contributed by atoms with Gasteiger partial charge in [0.05, 0.1) is 11.1 Å². The molecule has 100 valence electrons. The summed E-state index contributed by atoms with van der Waals surface area (Å²) in [5.74, 6) is -1.34. The molecule has 0 amide bonds. The lowest BCUT2D eigenvalue weighted by molar-refractivity contribution is -0.138. The Morgan fingerprint density at radius 2 is 1.89 bits per heavy atom. The van der Waals surface area contributed by atoms with Crippen LogP contribution in [-0.4, -0.2) is 12.4 Å². The molecule has 0 aliphatic carbocycles. The fourth-order valence-electron chi connectivity index (χ4n) is 1.30. The van der Waals surface area contributed by atoms with Gasteiger partial charge in [-0.3, -0.25) is 4.79 Å². The zero-order chi connectivity index (χ0) is 14.1. The number of Topliss-reactive ketones (excluding diaryl/α,β-unsaturated/α-hetero) is 1. The zero-order valence-corrected chi connectivity index (χ0v) is 11.0. The van der Waals surface area contributed by atoms with E-state index in [0.717, 1.165) is 6.92 Å². The second-order valence-electron chi connectivity index (χ2n) is 3.23. The van der Waals surface area contributed by atoms with E-state index in [-0.39, 0.29) is 0 Å². The van der Waals surface area contributed by atoms with Crippen LogP contribution in [0.15, 0.2) is 12.1 Å².